The second kappa shape index (κ2) is 6.85. The smallest absolute Gasteiger partial charge is 0.274 e. The fraction of sp³-hybridized carbons (Fsp3) is 0.267. The molecule has 1 N–H and O–H groups in total. The lowest BCUT2D eigenvalue weighted by Crippen LogP contribution is -2.41. The molecule has 0 bridgehead atoms. The molecule has 2 heterocycles. The molecule has 1 saturated heterocycles. The quantitative estimate of drug-likeness (QED) is 0.908. The van der Waals surface area contributed by atoms with E-state index in [4.69, 9.17) is 4.74 Å². The van der Waals surface area contributed by atoms with Crippen LogP contribution in [0.4, 0.5) is 11.5 Å². The van der Waals surface area contributed by atoms with E-state index in [1.807, 2.05) is 24.3 Å². The number of amides is 1. The molecule has 1 fully saturated rings. The minimum atomic E-state index is -0.106. The molecule has 7 heteroatoms. The first-order chi connectivity index (χ1) is 10.7. The number of benzene rings is 1. The molecule has 1 aromatic carbocycles. The molecule has 22 heavy (non-hydrogen) atoms. The van der Waals surface area contributed by atoms with Crippen LogP contribution in [0.3, 0.4) is 0 Å². The fourth-order valence-corrected chi connectivity index (χ4v) is 2.39. The number of aromatic nitrogens is 2. The van der Waals surface area contributed by atoms with Gasteiger partial charge < -0.3 is 15.0 Å². The molecule has 3 rings (SSSR count). The summed E-state index contributed by atoms with van der Waals surface area (Å²) < 4.78 is 6.25. The van der Waals surface area contributed by atoms with E-state index in [0.29, 0.717) is 37.8 Å². The number of carbonyl (C=O) groups is 1. The van der Waals surface area contributed by atoms with Crippen molar-refractivity contribution in [1.82, 2.24) is 15.1 Å². The van der Waals surface area contributed by atoms with Gasteiger partial charge in [0.15, 0.2) is 11.5 Å². The molecule has 1 amide bonds. The Morgan fingerprint density at radius 1 is 1.09 bits per heavy atom. The van der Waals surface area contributed by atoms with Crippen molar-refractivity contribution in [2.75, 3.05) is 31.6 Å². The molecule has 0 spiro atoms. The van der Waals surface area contributed by atoms with Crippen molar-refractivity contribution in [2.45, 2.75) is 0 Å². The van der Waals surface area contributed by atoms with Gasteiger partial charge in [-0.1, -0.05) is 15.9 Å². The predicted octanol–water partition coefficient (Wildman–Crippen LogP) is 2.46. The summed E-state index contributed by atoms with van der Waals surface area (Å²) in [6.45, 7) is 2.34. The fourth-order valence-electron chi connectivity index (χ4n) is 2.12. The number of nitrogens with one attached hydrogen (secondary N) is 1. The summed E-state index contributed by atoms with van der Waals surface area (Å²) in [5.74, 6) is 0.492. The van der Waals surface area contributed by atoms with Crippen molar-refractivity contribution in [3.05, 3.63) is 46.6 Å². The van der Waals surface area contributed by atoms with Gasteiger partial charge >= 0.3 is 0 Å². The molecule has 0 aliphatic carbocycles. The minimum Gasteiger partial charge on any atom is -0.378 e. The van der Waals surface area contributed by atoms with E-state index in [2.05, 4.69) is 31.4 Å². The number of hydrogen-bond donors (Lipinski definition) is 1. The highest BCUT2D eigenvalue weighted by molar-refractivity contribution is 9.10. The molecule has 1 aliphatic heterocycles. The Morgan fingerprint density at radius 3 is 2.45 bits per heavy atom. The van der Waals surface area contributed by atoms with Gasteiger partial charge in [-0.3, -0.25) is 4.79 Å². The van der Waals surface area contributed by atoms with Crippen LogP contribution in [0.25, 0.3) is 0 Å². The first-order valence-electron chi connectivity index (χ1n) is 6.96. The SMILES string of the molecule is O=C(c1ccc(Nc2ccc(Br)cc2)nn1)N1CCOCC1. The lowest BCUT2D eigenvalue weighted by molar-refractivity contribution is 0.0298. The molecule has 0 radical (unpaired) electrons. The van der Waals surface area contributed by atoms with E-state index in [1.54, 1.807) is 17.0 Å². The van der Waals surface area contributed by atoms with Gasteiger partial charge in [0.25, 0.3) is 5.91 Å². The monoisotopic (exact) mass is 362 g/mol. The van der Waals surface area contributed by atoms with Crippen molar-refractivity contribution in [3.8, 4) is 0 Å². The van der Waals surface area contributed by atoms with Gasteiger partial charge in [-0.05, 0) is 36.4 Å². The maximum Gasteiger partial charge on any atom is 0.274 e. The van der Waals surface area contributed by atoms with Gasteiger partial charge in [0.2, 0.25) is 0 Å². The highest BCUT2D eigenvalue weighted by Gasteiger charge is 2.19. The van der Waals surface area contributed by atoms with Crippen LogP contribution in [0.2, 0.25) is 0 Å². The van der Waals surface area contributed by atoms with E-state index in [9.17, 15) is 4.79 Å². The Kier molecular flexibility index (Phi) is 4.65. The average Bonchev–Trinajstić information content (AvgIpc) is 2.58. The van der Waals surface area contributed by atoms with Gasteiger partial charge in [0, 0.05) is 23.2 Å². The van der Waals surface area contributed by atoms with Crippen LogP contribution in [-0.4, -0.2) is 47.3 Å². The van der Waals surface area contributed by atoms with Crippen LogP contribution in [0.1, 0.15) is 10.5 Å². The second-order valence-electron chi connectivity index (χ2n) is 4.84. The predicted molar refractivity (Wildman–Crippen MR) is 86.2 cm³/mol. The van der Waals surface area contributed by atoms with E-state index in [0.717, 1.165) is 10.2 Å². The number of rotatable bonds is 3. The molecular formula is C15H15BrN4O2. The number of nitrogens with zero attached hydrogens (tertiary/aromatic N) is 3. The van der Waals surface area contributed by atoms with E-state index >= 15 is 0 Å². The van der Waals surface area contributed by atoms with E-state index in [-0.39, 0.29) is 5.91 Å². The van der Waals surface area contributed by atoms with Crippen LogP contribution in [0.5, 0.6) is 0 Å². The van der Waals surface area contributed by atoms with Crippen LogP contribution in [-0.2, 0) is 4.74 Å². The third kappa shape index (κ3) is 3.61. The normalized spacial score (nSPS) is 14.7. The topological polar surface area (TPSA) is 67.4 Å². The summed E-state index contributed by atoms with van der Waals surface area (Å²) in [6, 6.07) is 11.2. The number of hydrogen-bond acceptors (Lipinski definition) is 5. The standard InChI is InChI=1S/C15H15BrN4O2/c16-11-1-3-12(4-2-11)17-14-6-5-13(18-19-14)15(21)20-7-9-22-10-8-20/h1-6H,7-10H2,(H,17,19). The molecule has 1 aliphatic rings. The number of carbonyl (C=O) groups excluding carboxylic acids is 1. The lowest BCUT2D eigenvalue weighted by Gasteiger charge is -2.26. The summed E-state index contributed by atoms with van der Waals surface area (Å²) >= 11 is 3.39. The maximum absolute atomic E-state index is 12.2. The average molecular weight is 363 g/mol. The van der Waals surface area contributed by atoms with Crippen molar-refractivity contribution in [2.24, 2.45) is 0 Å². The zero-order valence-corrected chi connectivity index (χ0v) is 13.4. The molecular weight excluding hydrogens is 348 g/mol. The van der Waals surface area contributed by atoms with Crippen molar-refractivity contribution in [1.29, 1.82) is 0 Å². The molecule has 6 nitrogen and oxygen atoms in total. The van der Waals surface area contributed by atoms with Gasteiger partial charge in [0.05, 0.1) is 13.2 Å². The highest BCUT2D eigenvalue weighted by atomic mass is 79.9. The summed E-state index contributed by atoms with van der Waals surface area (Å²) in [4.78, 5) is 14.0. The van der Waals surface area contributed by atoms with Crippen LogP contribution < -0.4 is 5.32 Å². The van der Waals surface area contributed by atoms with Crippen LogP contribution in [0, 0.1) is 0 Å². The summed E-state index contributed by atoms with van der Waals surface area (Å²) in [5.41, 5.74) is 1.26. The number of morpholine rings is 1. The molecule has 114 valence electrons. The van der Waals surface area contributed by atoms with Crippen LogP contribution >= 0.6 is 15.9 Å². The minimum absolute atomic E-state index is 0.106. The van der Waals surface area contributed by atoms with Crippen molar-refractivity contribution in [3.63, 3.8) is 0 Å². The van der Waals surface area contributed by atoms with E-state index in [1.165, 1.54) is 0 Å². The summed E-state index contributed by atoms with van der Waals surface area (Å²) in [6.07, 6.45) is 0. The number of anilines is 2. The summed E-state index contributed by atoms with van der Waals surface area (Å²) in [5, 5.41) is 11.2. The number of ether oxygens (including phenoxy) is 1. The molecule has 2 aromatic rings. The molecule has 1 aromatic heterocycles. The summed E-state index contributed by atoms with van der Waals surface area (Å²) in [7, 11) is 0. The molecule has 0 atom stereocenters. The van der Waals surface area contributed by atoms with Gasteiger partial charge in [-0.2, -0.15) is 0 Å². The second-order valence-corrected chi connectivity index (χ2v) is 5.76. The Labute approximate surface area is 136 Å². The Balaban J connectivity index is 1.66. The lowest BCUT2D eigenvalue weighted by atomic mass is 10.3. The Morgan fingerprint density at radius 2 is 1.82 bits per heavy atom. The largest absolute Gasteiger partial charge is 0.378 e. The molecule has 0 unspecified atom stereocenters. The van der Waals surface area contributed by atoms with Crippen molar-refractivity contribution >= 4 is 33.3 Å². The highest BCUT2D eigenvalue weighted by Crippen LogP contribution is 2.17. The zero-order valence-electron chi connectivity index (χ0n) is 11.8. The van der Waals surface area contributed by atoms with Crippen molar-refractivity contribution < 1.29 is 9.53 Å². The van der Waals surface area contributed by atoms with Gasteiger partial charge in [-0.25, -0.2) is 0 Å². The first-order valence-corrected chi connectivity index (χ1v) is 7.75. The first kappa shape index (κ1) is 14.9. The van der Waals surface area contributed by atoms with Gasteiger partial charge in [0.1, 0.15) is 0 Å². The third-order valence-electron chi connectivity index (χ3n) is 3.30. The zero-order chi connectivity index (χ0) is 15.4. The Bertz CT molecular complexity index is 640. The van der Waals surface area contributed by atoms with E-state index < -0.39 is 0 Å². The third-order valence-corrected chi connectivity index (χ3v) is 3.83. The molecule has 0 saturated carbocycles. The van der Waals surface area contributed by atoms with Gasteiger partial charge in [-0.15, -0.1) is 10.2 Å². The van der Waals surface area contributed by atoms with Crippen LogP contribution in [0.15, 0.2) is 40.9 Å². The maximum atomic E-state index is 12.2. The number of halogens is 1. The Hall–Kier alpha value is -1.99.